The van der Waals surface area contributed by atoms with E-state index in [1.54, 1.807) is 30.3 Å². The van der Waals surface area contributed by atoms with Gasteiger partial charge in [0.1, 0.15) is 18.9 Å². The molecule has 2 N–H and O–H groups in total. The number of benzene rings is 1. The molecule has 3 rings (SSSR count). The molecule has 27 heavy (non-hydrogen) atoms. The fourth-order valence-electron chi connectivity index (χ4n) is 2.54. The molecule has 1 fully saturated rings. The molecule has 1 aromatic carbocycles. The average Bonchev–Trinajstić information content (AvgIpc) is 3.47. The molecule has 1 aliphatic carbocycles. The van der Waals surface area contributed by atoms with E-state index in [0.29, 0.717) is 30.5 Å². The molecule has 1 heterocycles. The number of rotatable bonds is 8. The number of anilines is 1. The van der Waals surface area contributed by atoms with Crippen molar-refractivity contribution in [3.8, 4) is 5.75 Å². The van der Waals surface area contributed by atoms with Crippen LogP contribution >= 0.6 is 0 Å². The Hall–Kier alpha value is -3.16. The molecular weight excluding hydrogens is 348 g/mol. The smallest absolute Gasteiger partial charge is 0.267 e. The molecule has 2 aromatic rings. The van der Waals surface area contributed by atoms with Crippen LogP contribution in [0.15, 0.2) is 41.2 Å². The van der Waals surface area contributed by atoms with E-state index in [-0.39, 0.29) is 23.9 Å². The van der Waals surface area contributed by atoms with Gasteiger partial charge in [0.15, 0.2) is 0 Å². The summed E-state index contributed by atoms with van der Waals surface area (Å²) < 4.78 is 6.68. The van der Waals surface area contributed by atoms with Crippen LogP contribution in [0.3, 0.4) is 0 Å². The number of carbonyl (C=O) groups is 2. The highest BCUT2D eigenvalue weighted by atomic mass is 16.5. The predicted molar refractivity (Wildman–Crippen MR) is 99.7 cm³/mol. The number of amides is 2. The Morgan fingerprint density at radius 2 is 1.93 bits per heavy atom. The van der Waals surface area contributed by atoms with Gasteiger partial charge in [-0.2, -0.15) is 5.10 Å². The van der Waals surface area contributed by atoms with Crippen molar-refractivity contribution >= 4 is 17.5 Å². The topological polar surface area (TPSA) is 102 Å². The van der Waals surface area contributed by atoms with Gasteiger partial charge in [-0.15, -0.1) is 0 Å². The van der Waals surface area contributed by atoms with Crippen LogP contribution in [0.5, 0.6) is 5.75 Å². The van der Waals surface area contributed by atoms with Crippen LogP contribution in [0.2, 0.25) is 0 Å². The van der Waals surface area contributed by atoms with E-state index in [2.05, 4.69) is 15.7 Å². The minimum Gasteiger partial charge on any atom is -0.492 e. The second kappa shape index (κ2) is 8.48. The lowest BCUT2D eigenvalue weighted by atomic mass is 10.3. The summed E-state index contributed by atoms with van der Waals surface area (Å²) in [5.74, 6) is 0.622. The molecule has 2 amide bonds. The molecule has 8 nitrogen and oxygen atoms in total. The van der Waals surface area contributed by atoms with Crippen LogP contribution in [0.4, 0.5) is 5.69 Å². The summed E-state index contributed by atoms with van der Waals surface area (Å²) in [6.07, 6.45) is 2.16. The summed E-state index contributed by atoms with van der Waals surface area (Å²) in [7, 11) is 0. The van der Waals surface area contributed by atoms with Crippen molar-refractivity contribution in [2.45, 2.75) is 32.2 Å². The van der Waals surface area contributed by atoms with Gasteiger partial charge in [0, 0.05) is 24.6 Å². The maximum atomic E-state index is 12.2. The Balaban J connectivity index is 1.51. The third-order valence-corrected chi connectivity index (χ3v) is 4.06. The molecule has 0 aliphatic heterocycles. The minimum atomic E-state index is -0.322. The second-order valence-electron chi connectivity index (χ2n) is 6.43. The van der Waals surface area contributed by atoms with Crippen LogP contribution in [0.25, 0.3) is 0 Å². The van der Waals surface area contributed by atoms with Crippen LogP contribution in [0, 0.1) is 0 Å². The maximum absolute atomic E-state index is 12.2. The highest BCUT2D eigenvalue weighted by Crippen LogP contribution is 2.38. The van der Waals surface area contributed by atoms with Crippen molar-refractivity contribution < 1.29 is 14.3 Å². The van der Waals surface area contributed by atoms with Crippen molar-refractivity contribution in [1.29, 1.82) is 0 Å². The van der Waals surface area contributed by atoms with E-state index in [4.69, 9.17) is 4.74 Å². The zero-order valence-corrected chi connectivity index (χ0v) is 15.1. The Labute approximate surface area is 156 Å². The number of carbonyl (C=O) groups excluding carboxylic acids is 2. The van der Waals surface area contributed by atoms with Crippen LogP contribution in [-0.4, -0.2) is 34.7 Å². The quantitative estimate of drug-likeness (QED) is 0.682. The normalized spacial score (nSPS) is 13.1. The third kappa shape index (κ3) is 5.67. The molecule has 0 unspecified atom stereocenters. The standard InChI is InChI=1S/C19H22N4O4/c1-13(24)20-10-11-27-16-6-4-15(5-7-16)21-18(25)12-23-19(26)9-8-17(22-23)14-2-3-14/h4-9,14H,2-3,10-12H2,1H3,(H,20,24)(H,21,25). The lowest BCUT2D eigenvalue weighted by Crippen LogP contribution is -2.29. The Morgan fingerprint density at radius 1 is 1.19 bits per heavy atom. The van der Waals surface area contributed by atoms with E-state index >= 15 is 0 Å². The van der Waals surface area contributed by atoms with Crippen molar-refractivity contribution in [2.24, 2.45) is 0 Å². The molecule has 0 saturated heterocycles. The first-order valence-electron chi connectivity index (χ1n) is 8.86. The maximum Gasteiger partial charge on any atom is 0.267 e. The number of hydrogen-bond acceptors (Lipinski definition) is 5. The summed E-state index contributed by atoms with van der Waals surface area (Å²) in [5.41, 5.74) is 1.17. The first-order chi connectivity index (χ1) is 13.0. The fourth-order valence-corrected chi connectivity index (χ4v) is 2.54. The van der Waals surface area contributed by atoms with Crippen molar-refractivity contribution in [1.82, 2.24) is 15.1 Å². The van der Waals surface area contributed by atoms with Gasteiger partial charge in [0.2, 0.25) is 11.8 Å². The average molecular weight is 370 g/mol. The SMILES string of the molecule is CC(=O)NCCOc1ccc(NC(=O)Cn2nc(C3CC3)ccc2=O)cc1. The van der Waals surface area contributed by atoms with E-state index in [1.165, 1.54) is 17.7 Å². The predicted octanol–water partition coefficient (Wildman–Crippen LogP) is 1.27. The number of hydrogen-bond donors (Lipinski definition) is 2. The van der Waals surface area contributed by atoms with E-state index < -0.39 is 0 Å². The van der Waals surface area contributed by atoms with Crippen LogP contribution < -0.4 is 20.9 Å². The monoisotopic (exact) mass is 370 g/mol. The Morgan fingerprint density at radius 3 is 2.59 bits per heavy atom. The molecule has 1 aromatic heterocycles. The molecule has 1 saturated carbocycles. The van der Waals surface area contributed by atoms with Crippen molar-refractivity contribution in [3.05, 3.63) is 52.4 Å². The largest absolute Gasteiger partial charge is 0.492 e. The van der Waals surface area contributed by atoms with Gasteiger partial charge in [0.25, 0.3) is 5.56 Å². The fraction of sp³-hybridized carbons (Fsp3) is 0.368. The van der Waals surface area contributed by atoms with E-state index in [9.17, 15) is 14.4 Å². The number of aromatic nitrogens is 2. The van der Waals surface area contributed by atoms with Gasteiger partial charge in [-0.25, -0.2) is 4.68 Å². The molecule has 8 heteroatoms. The highest BCUT2D eigenvalue weighted by molar-refractivity contribution is 5.90. The molecular formula is C19H22N4O4. The van der Waals surface area contributed by atoms with E-state index in [0.717, 1.165) is 18.5 Å². The lowest BCUT2D eigenvalue weighted by Gasteiger charge is -2.09. The number of nitrogens with one attached hydrogen (secondary N) is 2. The number of nitrogens with zero attached hydrogens (tertiary/aromatic N) is 2. The Bertz CT molecular complexity index is 872. The lowest BCUT2D eigenvalue weighted by molar-refractivity contribution is -0.119. The van der Waals surface area contributed by atoms with Gasteiger partial charge >= 0.3 is 0 Å². The number of ether oxygens (including phenoxy) is 1. The molecule has 1 aliphatic rings. The summed E-state index contributed by atoms with van der Waals surface area (Å²) in [6, 6.07) is 10.1. The second-order valence-corrected chi connectivity index (χ2v) is 6.43. The first kappa shape index (κ1) is 18.6. The minimum absolute atomic E-state index is 0.104. The van der Waals surface area contributed by atoms with Gasteiger partial charge < -0.3 is 15.4 Å². The molecule has 0 radical (unpaired) electrons. The van der Waals surface area contributed by atoms with Gasteiger partial charge in [-0.05, 0) is 43.2 Å². The van der Waals surface area contributed by atoms with Crippen molar-refractivity contribution in [3.63, 3.8) is 0 Å². The summed E-state index contributed by atoms with van der Waals surface area (Å²) in [6.45, 7) is 2.10. The molecule has 0 bridgehead atoms. The van der Waals surface area contributed by atoms with Gasteiger partial charge in [-0.1, -0.05) is 0 Å². The van der Waals surface area contributed by atoms with Crippen molar-refractivity contribution in [2.75, 3.05) is 18.5 Å². The molecule has 0 atom stereocenters. The van der Waals surface area contributed by atoms with Crippen LogP contribution in [-0.2, 0) is 16.1 Å². The third-order valence-electron chi connectivity index (χ3n) is 4.06. The summed E-state index contributed by atoms with van der Waals surface area (Å²) >= 11 is 0. The Kier molecular flexibility index (Phi) is 5.85. The zero-order valence-electron chi connectivity index (χ0n) is 15.1. The summed E-state index contributed by atoms with van der Waals surface area (Å²) in [5, 5.41) is 9.66. The summed E-state index contributed by atoms with van der Waals surface area (Å²) in [4.78, 5) is 34.9. The van der Waals surface area contributed by atoms with E-state index in [1.807, 2.05) is 0 Å². The highest BCUT2D eigenvalue weighted by Gasteiger charge is 2.25. The van der Waals surface area contributed by atoms with Gasteiger partial charge in [0.05, 0.1) is 12.2 Å². The molecule has 142 valence electrons. The molecule has 0 spiro atoms. The first-order valence-corrected chi connectivity index (χ1v) is 8.86. The van der Waals surface area contributed by atoms with Gasteiger partial charge in [-0.3, -0.25) is 14.4 Å². The zero-order chi connectivity index (χ0) is 19.2. The van der Waals surface area contributed by atoms with Crippen LogP contribution in [0.1, 0.15) is 31.4 Å².